The molecule has 2 heteroatoms. The van der Waals surface area contributed by atoms with Crippen LogP contribution in [0.2, 0.25) is 0 Å². The molecule has 0 saturated heterocycles. The number of benzene rings is 1. The molecule has 0 N–H and O–H groups in total. The minimum atomic E-state index is -0.0672. The second kappa shape index (κ2) is 5.46. The fourth-order valence-electron chi connectivity index (χ4n) is 0.753. The number of rotatable bonds is 2. The summed E-state index contributed by atoms with van der Waals surface area (Å²) in [7, 11) is 0. The second-order valence-electron chi connectivity index (χ2n) is 2.10. The summed E-state index contributed by atoms with van der Waals surface area (Å²) in [6, 6.07) is 10.3. The third-order valence-corrected chi connectivity index (χ3v) is 1.16. The van der Waals surface area contributed by atoms with Crippen molar-refractivity contribution in [2.24, 2.45) is 0 Å². The zero-order chi connectivity index (χ0) is 7.40. The van der Waals surface area contributed by atoms with Crippen LogP contribution < -0.4 is 0 Å². The third kappa shape index (κ3) is 4.29. The molecule has 0 aliphatic heterocycles. The van der Waals surface area contributed by atoms with Crippen molar-refractivity contribution in [1.29, 1.82) is 0 Å². The van der Waals surface area contributed by atoms with Crippen molar-refractivity contribution in [1.82, 2.24) is 0 Å². The van der Waals surface area contributed by atoms with E-state index in [0.29, 0.717) is 6.42 Å². The first-order valence-corrected chi connectivity index (χ1v) is 3.09. The summed E-state index contributed by atoms with van der Waals surface area (Å²) in [6.45, 7) is 3.27. The number of hydrogen-bond acceptors (Lipinski definition) is 1. The monoisotopic (exact) mass is 370 g/mol. The molecule has 1 rings (SSSR count). The number of ketones is 1. The van der Waals surface area contributed by atoms with Gasteiger partial charge in [0.05, 0.1) is 0 Å². The molecule has 0 aliphatic carbocycles. The van der Waals surface area contributed by atoms with Crippen molar-refractivity contribution in [2.75, 3.05) is 0 Å². The standard InChI is InChI=1S/C9H8O.U/c1-8(10)7-9-5-3-2-4-6-9;/h2-5H,1,7H2;/q-2;+2. The first-order chi connectivity index (χ1) is 4.79. The minimum Gasteiger partial charge on any atom is -0.339 e. The van der Waals surface area contributed by atoms with Gasteiger partial charge in [0, 0.05) is 0 Å². The SMILES string of the molecule is [CH2-]C(=O)Cc1[c-]cccc1.[U+2]. The van der Waals surface area contributed by atoms with Crippen molar-refractivity contribution in [2.45, 2.75) is 6.42 Å². The van der Waals surface area contributed by atoms with Crippen LogP contribution in [0.4, 0.5) is 0 Å². The molecule has 1 nitrogen and oxygen atoms in total. The zero-order valence-electron chi connectivity index (χ0n) is 6.13. The van der Waals surface area contributed by atoms with E-state index in [9.17, 15) is 4.79 Å². The third-order valence-electron chi connectivity index (χ3n) is 1.16. The number of Topliss-reactive ketones (excluding diaryl/α,β-unsaturated/α-hetero) is 1. The molecular formula is C9H8OU. The van der Waals surface area contributed by atoms with Gasteiger partial charge in [0.1, 0.15) is 0 Å². The molecule has 0 heterocycles. The number of carbonyl (C=O) groups excluding carboxylic acids is 1. The topological polar surface area (TPSA) is 17.1 Å². The molecule has 0 fully saturated rings. The van der Waals surface area contributed by atoms with Gasteiger partial charge >= 0.3 is 31.1 Å². The van der Waals surface area contributed by atoms with Crippen LogP contribution in [0, 0.1) is 44.1 Å². The van der Waals surface area contributed by atoms with Gasteiger partial charge in [0.2, 0.25) is 0 Å². The van der Waals surface area contributed by atoms with E-state index in [4.69, 9.17) is 0 Å². The molecule has 0 spiro atoms. The van der Waals surface area contributed by atoms with Gasteiger partial charge in [0.15, 0.2) is 0 Å². The molecule has 0 aromatic heterocycles. The van der Waals surface area contributed by atoms with Gasteiger partial charge in [-0.05, 0) is 12.2 Å². The van der Waals surface area contributed by atoms with Gasteiger partial charge < -0.3 is 11.7 Å². The van der Waals surface area contributed by atoms with Crippen LogP contribution in [-0.2, 0) is 11.2 Å². The zero-order valence-corrected chi connectivity index (χ0v) is 10.3. The van der Waals surface area contributed by atoms with Crippen LogP contribution >= 0.6 is 0 Å². The Morgan fingerprint density at radius 3 is 2.73 bits per heavy atom. The van der Waals surface area contributed by atoms with E-state index < -0.39 is 0 Å². The Hall–Kier alpha value is -0.188. The quantitative estimate of drug-likeness (QED) is 0.721. The summed E-state index contributed by atoms with van der Waals surface area (Å²) in [6.07, 6.45) is 0.390. The predicted octanol–water partition coefficient (Wildman–Crippen LogP) is 1.43. The van der Waals surface area contributed by atoms with Gasteiger partial charge in [-0.3, -0.25) is 0 Å². The second-order valence-corrected chi connectivity index (χ2v) is 2.10. The Kier molecular flexibility index (Phi) is 5.37. The molecule has 0 unspecified atom stereocenters. The van der Waals surface area contributed by atoms with Crippen molar-refractivity contribution in [3.8, 4) is 0 Å². The van der Waals surface area contributed by atoms with Crippen molar-refractivity contribution in [3.05, 3.63) is 42.8 Å². The van der Waals surface area contributed by atoms with E-state index in [0.717, 1.165) is 5.56 Å². The van der Waals surface area contributed by atoms with E-state index in [1.165, 1.54) is 0 Å². The molecule has 54 valence electrons. The van der Waals surface area contributed by atoms with Crippen molar-refractivity contribution >= 4 is 5.78 Å². The molecule has 11 heavy (non-hydrogen) atoms. The van der Waals surface area contributed by atoms with Crippen LogP contribution in [0.1, 0.15) is 5.56 Å². The van der Waals surface area contributed by atoms with E-state index >= 15 is 0 Å². The maximum Gasteiger partial charge on any atom is 2.00 e. The molecule has 0 radical (unpaired) electrons. The summed E-state index contributed by atoms with van der Waals surface area (Å²) in [5, 5.41) is 0. The fourth-order valence-corrected chi connectivity index (χ4v) is 0.753. The number of hydrogen-bond donors (Lipinski definition) is 0. The minimum absolute atomic E-state index is 0. The van der Waals surface area contributed by atoms with Gasteiger partial charge in [-0.25, -0.2) is 0 Å². The summed E-state index contributed by atoms with van der Waals surface area (Å²) < 4.78 is 0. The summed E-state index contributed by atoms with van der Waals surface area (Å²) >= 11 is 0. The van der Waals surface area contributed by atoms with E-state index in [1.54, 1.807) is 6.07 Å². The van der Waals surface area contributed by atoms with Crippen LogP contribution in [0.15, 0.2) is 24.3 Å². The fraction of sp³-hybridized carbons (Fsp3) is 0.111. The molecule has 0 amide bonds. The maximum absolute atomic E-state index is 10.5. The average Bonchev–Trinajstić information content (AvgIpc) is 1.88. The molecule has 0 saturated carbocycles. The molecule has 1 aromatic carbocycles. The van der Waals surface area contributed by atoms with E-state index in [1.807, 2.05) is 18.2 Å². The Balaban J connectivity index is 0.000001000. The van der Waals surface area contributed by atoms with E-state index in [-0.39, 0.29) is 36.9 Å². The van der Waals surface area contributed by atoms with Gasteiger partial charge in [0.25, 0.3) is 0 Å². The Morgan fingerprint density at radius 1 is 1.55 bits per heavy atom. The van der Waals surface area contributed by atoms with Crippen LogP contribution in [0.25, 0.3) is 0 Å². The average molecular weight is 370 g/mol. The maximum atomic E-state index is 10.5. The van der Waals surface area contributed by atoms with Crippen molar-refractivity contribution < 1.29 is 35.9 Å². The Morgan fingerprint density at radius 2 is 2.27 bits per heavy atom. The number of carbonyl (C=O) groups is 1. The first kappa shape index (κ1) is 10.8. The molecular weight excluding hydrogens is 362 g/mol. The van der Waals surface area contributed by atoms with Crippen LogP contribution in [0.5, 0.6) is 0 Å². The van der Waals surface area contributed by atoms with Crippen LogP contribution in [-0.4, -0.2) is 5.78 Å². The van der Waals surface area contributed by atoms with Gasteiger partial charge in [-0.15, -0.1) is 0 Å². The van der Waals surface area contributed by atoms with Gasteiger partial charge in [-0.2, -0.15) is 35.9 Å². The smallest absolute Gasteiger partial charge is 0.339 e. The Labute approximate surface area is 90.6 Å². The molecule has 0 aliphatic rings. The first-order valence-electron chi connectivity index (χ1n) is 3.09. The van der Waals surface area contributed by atoms with E-state index in [2.05, 4.69) is 13.0 Å². The van der Waals surface area contributed by atoms with Gasteiger partial charge in [-0.1, -0.05) is 0 Å². The normalized spacial score (nSPS) is 8.36. The molecule has 0 bridgehead atoms. The van der Waals surface area contributed by atoms with Crippen molar-refractivity contribution in [3.63, 3.8) is 0 Å². The Bertz CT molecular complexity index is 218. The largest absolute Gasteiger partial charge is 2.00 e. The summed E-state index contributed by atoms with van der Waals surface area (Å²) in [4.78, 5) is 10.5. The summed E-state index contributed by atoms with van der Waals surface area (Å²) in [5.74, 6) is -0.0672. The summed E-state index contributed by atoms with van der Waals surface area (Å²) in [5.41, 5.74) is 0.905. The molecule has 0 atom stereocenters. The predicted molar refractivity (Wildman–Crippen MR) is 39.3 cm³/mol. The van der Waals surface area contributed by atoms with Crippen LogP contribution in [0.3, 0.4) is 0 Å². The molecule has 1 aromatic rings.